The van der Waals surface area contributed by atoms with Gasteiger partial charge in [-0.05, 0) is 49.1 Å². The van der Waals surface area contributed by atoms with Crippen LogP contribution >= 0.6 is 0 Å². The summed E-state index contributed by atoms with van der Waals surface area (Å²) in [7, 11) is 0. The Morgan fingerprint density at radius 3 is 2.86 bits per heavy atom. The first kappa shape index (κ1) is 19.2. The van der Waals surface area contributed by atoms with Crippen LogP contribution in [0.5, 0.6) is 5.75 Å². The highest BCUT2D eigenvalue weighted by Gasteiger charge is 2.30. The van der Waals surface area contributed by atoms with E-state index in [1.165, 1.54) is 12.1 Å². The molecule has 29 heavy (non-hydrogen) atoms. The number of hydrogen-bond donors (Lipinski definition) is 1. The van der Waals surface area contributed by atoms with Crippen molar-refractivity contribution in [2.45, 2.75) is 31.7 Å². The van der Waals surface area contributed by atoms with Crippen molar-refractivity contribution in [3.8, 4) is 16.9 Å². The summed E-state index contributed by atoms with van der Waals surface area (Å²) in [6.45, 7) is 1.04. The Bertz CT molecular complexity index is 958. The molecule has 2 aromatic carbocycles. The number of rotatable bonds is 6. The number of amides is 1. The lowest BCUT2D eigenvalue weighted by Gasteiger charge is -2.35. The van der Waals surface area contributed by atoms with Gasteiger partial charge in [-0.2, -0.15) is 5.10 Å². The zero-order chi connectivity index (χ0) is 20.1. The number of hydrogen-bond acceptors (Lipinski definition) is 3. The molecular formula is C23H24FN3O2. The maximum atomic E-state index is 13.7. The third-order valence-corrected chi connectivity index (χ3v) is 5.29. The molecular weight excluding hydrogens is 369 g/mol. The lowest BCUT2D eigenvalue weighted by Crippen LogP contribution is -2.39. The van der Waals surface area contributed by atoms with Gasteiger partial charge in [-0.25, -0.2) is 4.39 Å². The van der Waals surface area contributed by atoms with Crippen LogP contribution in [-0.4, -0.2) is 34.2 Å². The lowest BCUT2D eigenvalue weighted by atomic mass is 9.94. The number of aromatic amines is 1. The second kappa shape index (κ2) is 8.90. The molecule has 3 aromatic rings. The molecule has 1 aliphatic heterocycles. The normalized spacial score (nSPS) is 16.6. The number of ether oxygens (including phenoxy) is 1. The van der Waals surface area contributed by atoms with Crippen LogP contribution in [-0.2, 0) is 4.79 Å². The van der Waals surface area contributed by atoms with Gasteiger partial charge in [0.1, 0.15) is 11.6 Å². The number of H-pyrrole nitrogens is 1. The Balaban J connectivity index is 1.48. The number of aromatic nitrogens is 2. The number of likely N-dealkylation sites (tertiary alicyclic amines) is 1. The van der Waals surface area contributed by atoms with Crippen LogP contribution in [0.4, 0.5) is 4.39 Å². The standard InChI is InChI=1S/C23H24FN3O2/c24-18-8-6-7-17(15-18)20-16-25-26-23(20)21-11-4-5-13-27(21)22(28)12-14-29-19-9-2-1-3-10-19/h1-3,6-10,15-16,21H,4-5,11-14H2,(H,25,26)/t21-/m1/s1. The fourth-order valence-electron chi connectivity index (χ4n) is 3.88. The third-order valence-electron chi connectivity index (χ3n) is 5.29. The number of carbonyl (C=O) groups excluding carboxylic acids is 1. The molecule has 150 valence electrons. The molecule has 5 nitrogen and oxygen atoms in total. The van der Waals surface area contributed by atoms with E-state index in [1.54, 1.807) is 12.3 Å². The summed E-state index contributed by atoms with van der Waals surface area (Å²) < 4.78 is 19.4. The van der Waals surface area contributed by atoms with Crippen molar-refractivity contribution in [2.24, 2.45) is 0 Å². The van der Waals surface area contributed by atoms with Crippen LogP contribution in [0, 0.1) is 5.82 Å². The van der Waals surface area contributed by atoms with E-state index in [0.29, 0.717) is 19.6 Å². The fourth-order valence-corrected chi connectivity index (χ4v) is 3.88. The van der Waals surface area contributed by atoms with Gasteiger partial charge in [0.05, 0.1) is 31.0 Å². The molecule has 0 unspecified atom stereocenters. The Kier molecular flexibility index (Phi) is 5.89. The first-order valence-corrected chi connectivity index (χ1v) is 9.99. The van der Waals surface area contributed by atoms with Crippen molar-refractivity contribution in [1.82, 2.24) is 15.1 Å². The Morgan fingerprint density at radius 1 is 1.17 bits per heavy atom. The molecule has 0 aliphatic carbocycles. The van der Waals surface area contributed by atoms with Crippen LogP contribution in [0.1, 0.15) is 37.4 Å². The molecule has 1 saturated heterocycles. The summed E-state index contributed by atoms with van der Waals surface area (Å²) >= 11 is 0. The van der Waals surface area contributed by atoms with Crippen molar-refractivity contribution >= 4 is 5.91 Å². The predicted octanol–water partition coefficient (Wildman–Crippen LogP) is 4.74. The largest absolute Gasteiger partial charge is 0.493 e. The topological polar surface area (TPSA) is 58.2 Å². The SMILES string of the molecule is O=C(CCOc1ccccc1)N1CCCC[C@@H]1c1[nH]ncc1-c1cccc(F)c1. The number of halogens is 1. The van der Waals surface area contributed by atoms with E-state index < -0.39 is 0 Å². The molecule has 2 heterocycles. The first-order chi connectivity index (χ1) is 14.2. The van der Waals surface area contributed by atoms with Crippen molar-refractivity contribution in [2.75, 3.05) is 13.2 Å². The molecule has 6 heteroatoms. The smallest absolute Gasteiger partial charge is 0.226 e. The maximum absolute atomic E-state index is 13.7. The molecule has 0 saturated carbocycles. The minimum Gasteiger partial charge on any atom is -0.493 e. The Hall–Kier alpha value is -3.15. The van der Waals surface area contributed by atoms with E-state index in [4.69, 9.17) is 4.74 Å². The van der Waals surface area contributed by atoms with Crippen LogP contribution < -0.4 is 4.74 Å². The number of piperidine rings is 1. The van der Waals surface area contributed by atoms with Crippen LogP contribution in [0.15, 0.2) is 60.8 Å². The Morgan fingerprint density at radius 2 is 2.03 bits per heavy atom. The van der Waals surface area contributed by atoms with E-state index in [-0.39, 0.29) is 17.8 Å². The van der Waals surface area contributed by atoms with Crippen molar-refractivity contribution < 1.29 is 13.9 Å². The molecule has 1 atom stereocenters. The summed E-state index contributed by atoms with van der Waals surface area (Å²) in [6.07, 6.45) is 4.90. The second-order valence-electron chi connectivity index (χ2n) is 7.22. The highest BCUT2D eigenvalue weighted by molar-refractivity contribution is 5.77. The minimum atomic E-state index is -0.288. The van der Waals surface area contributed by atoms with Gasteiger partial charge in [0.2, 0.25) is 5.91 Å². The first-order valence-electron chi connectivity index (χ1n) is 9.99. The summed E-state index contributed by atoms with van der Waals surface area (Å²) in [5.41, 5.74) is 2.47. The van der Waals surface area contributed by atoms with E-state index >= 15 is 0 Å². The molecule has 1 aliphatic rings. The molecule has 0 spiro atoms. The number of para-hydroxylation sites is 1. The summed E-state index contributed by atoms with van der Waals surface area (Å²) in [4.78, 5) is 14.9. The molecule has 4 rings (SSSR count). The number of nitrogens with zero attached hydrogens (tertiary/aromatic N) is 2. The Labute approximate surface area is 169 Å². The summed E-state index contributed by atoms with van der Waals surface area (Å²) in [6, 6.07) is 15.9. The highest BCUT2D eigenvalue weighted by Crippen LogP contribution is 2.36. The monoisotopic (exact) mass is 393 g/mol. The third kappa shape index (κ3) is 4.47. The predicted molar refractivity (Wildman–Crippen MR) is 109 cm³/mol. The lowest BCUT2D eigenvalue weighted by molar-refractivity contribution is -0.135. The van der Waals surface area contributed by atoms with Gasteiger partial charge in [-0.1, -0.05) is 30.3 Å². The van der Waals surface area contributed by atoms with Gasteiger partial charge >= 0.3 is 0 Å². The van der Waals surface area contributed by atoms with Gasteiger partial charge < -0.3 is 9.64 Å². The second-order valence-corrected chi connectivity index (χ2v) is 7.22. The van der Waals surface area contributed by atoms with Gasteiger partial charge in [0, 0.05) is 12.1 Å². The summed E-state index contributed by atoms with van der Waals surface area (Å²) in [5.74, 6) is 0.534. The van der Waals surface area contributed by atoms with Crippen LogP contribution in [0.25, 0.3) is 11.1 Å². The van der Waals surface area contributed by atoms with Crippen molar-refractivity contribution in [3.63, 3.8) is 0 Å². The van der Waals surface area contributed by atoms with Crippen LogP contribution in [0.3, 0.4) is 0 Å². The molecule has 0 bridgehead atoms. The van der Waals surface area contributed by atoms with E-state index in [2.05, 4.69) is 10.2 Å². The van der Waals surface area contributed by atoms with Crippen molar-refractivity contribution in [1.29, 1.82) is 0 Å². The molecule has 0 radical (unpaired) electrons. The number of benzene rings is 2. The van der Waals surface area contributed by atoms with Gasteiger partial charge in [0.15, 0.2) is 0 Å². The quantitative estimate of drug-likeness (QED) is 0.658. The van der Waals surface area contributed by atoms with E-state index in [0.717, 1.165) is 41.8 Å². The van der Waals surface area contributed by atoms with E-state index in [9.17, 15) is 9.18 Å². The molecule has 1 aromatic heterocycles. The average Bonchev–Trinajstić information content (AvgIpc) is 3.24. The van der Waals surface area contributed by atoms with Crippen molar-refractivity contribution in [3.05, 3.63) is 72.3 Å². The number of nitrogens with one attached hydrogen (secondary N) is 1. The zero-order valence-electron chi connectivity index (χ0n) is 16.2. The molecule has 1 N–H and O–H groups in total. The maximum Gasteiger partial charge on any atom is 0.226 e. The molecule has 1 amide bonds. The van der Waals surface area contributed by atoms with Gasteiger partial charge in [-0.3, -0.25) is 9.89 Å². The van der Waals surface area contributed by atoms with Crippen LogP contribution in [0.2, 0.25) is 0 Å². The molecule has 1 fully saturated rings. The summed E-state index contributed by atoms with van der Waals surface area (Å²) in [5, 5.41) is 7.25. The minimum absolute atomic E-state index is 0.0606. The highest BCUT2D eigenvalue weighted by atomic mass is 19.1. The van der Waals surface area contributed by atoms with Gasteiger partial charge in [0.25, 0.3) is 0 Å². The average molecular weight is 393 g/mol. The zero-order valence-corrected chi connectivity index (χ0v) is 16.2. The van der Waals surface area contributed by atoms with E-state index in [1.807, 2.05) is 41.3 Å². The number of carbonyl (C=O) groups is 1. The fraction of sp³-hybridized carbons (Fsp3) is 0.304. The van der Waals surface area contributed by atoms with Gasteiger partial charge in [-0.15, -0.1) is 0 Å².